The molecule has 3 rings (SSSR count). The molecule has 17 heavy (non-hydrogen) atoms. The Hall–Kier alpha value is -0.570. The quantitative estimate of drug-likeness (QED) is 0.754. The van der Waals surface area contributed by atoms with Gasteiger partial charge in [-0.15, -0.1) is 0 Å². The van der Waals surface area contributed by atoms with Crippen molar-refractivity contribution in [2.45, 2.75) is 33.6 Å². The van der Waals surface area contributed by atoms with Crippen LogP contribution in [0.2, 0.25) is 0 Å². The number of piperidine rings is 2. The average molecular weight is 238 g/mol. The highest BCUT2D eigenvalue weighted by atomic mass is 16.2. The first-order valence-electron chi connectivity index (χ1n) is 7.27. The normalized spacial score (nSPS) is 35.9. The van der Waals surface area contributed by atoms with E-state index in [1.807, 2.05) is 13.8 Å². The highest BCUT2D eigenvalue weighted by Crippen LogP contribution is 2.51. The zero-order valence-corrected chi connectivity index (χ0v) is 11.4. The van der Waals surface area contributed by atoms with Crippen molar-refractivity contribution in [3.8, 4) is 0 Å². The number of nitrogens with one attached hydrogen (secondary N) is 1. The van der Waals surface area contributed by atoms with Crippen LogP contribution in [0, 0.1) is 23.7 Å². The Morgan fingerprint density at radius 2 is 1.65 bits per heavy atom. The number of carbonyl (C=O) groups excluding carboxylic acids is 1. The lowest BCUT2D eigenvalue weighted by molar-refractivity contribution is -0.135. The predicted octanol–water partition coefficient (Wildman–Crippen LogP) is 1.74. The third-order valence-corrected chi connectivity index (χ3v) is 4.62. The summed E-state index contributed by atoms with van der Waals surface area (Å²) >= 11 is 0. The predicted molar refractivity (Wildman–Crippen MR) is 69.7 cm³/mol. The molecule has 2 atom stereocenters. The molecule has 1 amide bonds. The van der Waals surface area contributed by atoms with Crippen LogP contribution in [0.25, 0.3) is 0 Å². The number of rotatable bonds is 1. The van der Waals surface area contributed by atoms with E-state index in [1.165, 1.54) is 0 Å². The summed E-state index contributed by atoms with van der Waals surface area (Å²) in [5.41, 5.74) is 0. The summed E-state index contributed by atoms with van der Waals surface area (Å²) in [6, 6.07) is 0. The van der Waals surface area contributed by atoms with Gasteiger partial charge >= 0.3 is 0 Å². The Balaban J connectivity index is 0.000000514. The van der Waals surface area contributed by atoms with Crippen LogP contribution in [0.15, 0.2) is 0 Å². The minimum absolute atomic E-state index is 0.319. The molecular weight excluding hydrogens is 212 g/mol. The molecule has 3 aliphatic rings. The molecule has 0 radical (unpaired) electrons. The summed E-state index contributed by atoms with van der Waals surface area (Å²) in [5, 5.41) is 3.31. The molecule has 0 aromatic rings. The average Bonchev–Trinajstić information content (AvgIpc) is 2.84. The lowest BCUT2D eigenvalue weighted by atomic mass is 9.96. The van der Waals surface area contributed by atoms with Crippen molar-refractivity contribution in [2.75, 3.05) is 26.2 Å². The van der Waals surface area contributed by atoms with E-state index in [0.29, 0.717) is 11.8 Å². The van der Waals surface area contributed by atoms with Gasteiger partial charge in [-0.1, -0.05) is 20.8 Å². The number of hydrogen-bond donors (Lipinski definition) is 1. The van der Waals surface area contributed by atoms with E-state index in [0.717, 1.165) is 56.8 Å². The fourth-order valence-corrected chi connectivity index (χ4v) is 3.33. The fourth-order valence-electron chi connectivity index (χ4n) is 3.33. The van der Waals surface area contributed by atoms with E-state index >= 15 is 0 Å². The zero-order valence-electron chi connectivity index (χ0n) is 11.4. The Morgan fingerprint density at radius 1 is 1.12 bits per heavy atom. The first kappa shape index (κ1) is 12.9. The lowest BCUT2D eigenvalue weighted by Crippen LogP contribution is -2.41. The van der Waals surface area contributed by atoms with E-state index in [9.17, 15) is 4.79 Å². The molecule has 3 nitrogen and oxygen atoms in total. The molecule has 3 fully saturated rings. The second-order valence-electron chi connectivity index (χ2n) is 5.45. The molecule has 98 valence electrons. The van der Waals surface area contributed by atoms with Crippen LogP contribution in [0.5, 0.6) is 0 Å². The van der Waals surface area contributed by atoms with E-state index in [4.69, 9.17) is 0 Å². The molecule has 1 N–H and O–H groups in total. The first-order valence-corrected chi connectivity index (χ1v) is 7.27. The molecule has 1 saturated carbocycles. The molecule has 0 aromatic heterocycles. The molecular formula is C14H26N2O. The number of likely N-dealkylation sites (tertiary alicyclic amines) is 1. The Morgan fingerprint density at radius 3 is 2.18 bits per heavy atom. The van der Waals surface area contributed by atoms with Gasteiger partial charge in [-0.25, -0.2) is 0 Å². The summed E-state index contributed by atoms with van der Waals surface area (Å²) in [6.45, 7) is 10.5. The highest BCUT2D eigenvalue weighted by Gasteiger charge is 2.54. The maximum absolute atomic E-state index is 12.2. The highest BCUT2D eigenvalue weighted by molar-refractivity contribution is 5.79. The SMILES string of the molecule is CC.CC1C2CN(C(=O)C3CCNCC3)CC12. The Kier molecular flexibility index (Phi) is 4.08. The standard InChI is InChI=1S/C12H20N2O.C2H6/c1-8-10-6-14(7-11(8)10)12(15)9-2-4-13-5-3-9;1-2/h8-11,13H,2-7H2,1H3;1-2H3. The molecule has 0 bridgehead atoms. The fraction of sp³-hybridized carbons (Fsp3) is 0.929. The molecule has 2 unspecified atom stereocenters. The van der Waals surface area contributed by atoms with E-state index in [-0.39, 0.29) is 0 Å². The second-order valence-corrected chi connectivity index (χ2v) is 5.45. The molecule has 0 aromatic carbocycles. The largest absolute Gasteiger partial charge is 0.342 e. The van der Waals surface area contributed by atoms with Crippen molar-refractivity contribution < 1.29 is 4.79 Å². The van der Waals surface area contributed by atoms with Gasteiger partial charge in [-0.3, -0.25) is 4.79 Å². The van der Waals surface area contributed by atoms with E-state index in [2.05, 4.69) is 17.1 Å². The summed E-state index contributed by atoms with van der Waals surface area (Å²) in [4.78, 5) is 14.3. The molecule has 2 aliphatic heterocycles. The van der Waals surface area contributed by atoms with Crippen LogP contribution >= 0.6 is 0 Å². The molecule has 3 heteroatoms. The number of carbonyl (C=O) groups is 1. The minimum Gasteiger partial charge on any atom is -0.342 e. The summed E-state index contributed by atoms with van der Waals surface area (Å²) < 4.78 is 0. The van der Waals surface area contributed by atoms with Crippen molar-refractivity contribution in [2.24, 2.45) is 23.7 Å². The minimum atomic E-state index is 0.319. The summed E-state index contributed by atoms with van der Waals surface area (Å²) in [7, 11) is 0. The zero-order chi connectivity index (χ0) is 12.4. The van der Waals surface area contributed by atoms with Crippen molar-refractivity contribution >= 4 is 5.91 Å². The number of fused-ring (bicyclic) bond motifs is 1. The Labute approximate surface area is 105 Å². The van der Waals surface area contributed by atoms with Crippen LogP contribution in [-0.2, 0) is 4.79 Å². The number of nitrogens with zero attached hydrogens (tertiary/aromatic N) is 1. The lowest BCUT2D eigenvalue weighted by Gasteiger charge is -2.28. The topological polar surface area (TPSA) is 32.3 Å². The monoisotopic (exact) mass is 238 g/mol. The molecule has 0 spiro atoms. The van der Waals surface area contributed by atoms with Gasteiger partial charge in [-0.05, 0) is 43.7 Å². The van der Waals surface area contributed by atoms with Crippen LogP contribution < -0.4 is 5.32 Å². The van der Waals surface area contributed by atoms with Gasteiger partial charge in [0, 0.05) is 19.0 Å². The van der Waals surface area contributed by atoms with Crippen molar-refractivity contribution in [1.29, 1.82) is 0 Å². The maximum atomic E-state index is 12.2. The van der Waals surface area contributed by atoms with Crippen LogP contribution in [0.4, 0.5) is 0 Å². The van der Waals surface area contributed by atoms with Crippen molar-refractivity contribution in [3.05, 3.63) is 0 Å². The van der Waals surface area contributed by atoms with Crippen LogP contribution in [0.1, 0.15) is 33.6 Å². The van der Waals surface area contributed by atoms with Gasteiger partial charge in [0.15, 0.2) is 0 Å². The van der Waals surface area contributed by atoms with Gasteiger partial charge < -0.3 is 10.2 Å². The van der Waals surface area contributed by atoms with Gasteiger partial charge in [0.05, 0.1) is 0 Å². The first-order chi connectivity index (χ1) is 8.27. The van der Waals surface area contributed by atoms with Crippen LogP contribution in [0.3, 0.4) is 0 Å². The third-order valence-electron chi connectivity index (χ3n) is 4.62. The third kappa shape index (κ3) is 2.49. The van der Waals surface area contributed by atoms with Gasteiger partial charge in [0.1, 0.15) is 0 Å². The maximum Gasteiger partial charge on any atom is 0.225 e. The van der Waals surface area contributed by atoms with Crippen molar-refractivity contribution in [3.63, 3.8) is 0 Å². The Bertz CT molecular complexity index is 261. The second kappa shape index (κ2) is 5.38. The summed E-state index contributed by atoms with van der Waals surface area (Å²) in [6.07, 6.45) is 2.08. The van der Waals surface area contributed by atoms with Gasteiger partial charge in [0.25, 0.3) is 0 Å². The number of amides is 1. The van der Waals surface area contributed by atoms with Gasteiger partial charge in [-0.2, -0.15) is 0 Å². The van der Waals surface area contributed by atoms with Crippen LogP contribution in [-0.4, -0.2) is 37.0 Å². The summed E-state index contributed by atoms with van der Waals surface area (Å²) in [5.74, 6) is 3.34. The molecule has 2 saturated heterocycles. The van der Waals surface area contributed by atoms with E-state index in [1.54, 1.807) is 0 Å². The van der Waals surface area contributed by atoms with Gasteiger partial charge in [0.2, 0.25) is 5.91 Å². The van der Waals surface area contributed by atoms with E-state index < -0.39 is 0 Å². The molecule has 1 aliphatic carbocycles. The van der Waals surface area contributed by atoms with Crippen molar-refractivity contribution in [1.82, 2.24) is 10.2 Å². The number of hydrogen-bond acceptors (Lipinski definition) is 2. The molecule has 2 heterocycles. The smallest absolute Gasteiger partial charge is 0.225 e.